The second-order valence-corrected chi connectivity index (χ2v) is 17.1. The Morgan fingerprint density at radius 2 is 1.25 bits per heavy atom. The Morgan fingerprint density at radius 1 is 0.698 bits per heavy atom. The molecule has 11 heteroatoms. The number of rotatable bonds is 2. The van der Waals surface area contributed by atoms with Crippen molar-refractivity contribution in [2.45, 2.75) is 38.5 Å². The Labute approximate surface area is 315 Å². The predicted octanol–water partition coefficient (Wildman–Crippen LogP) is 10.4. The zero-order chi connectivity index (χ0) is 37.1. The van der Waals surface area contributed by atoms with Crippen molar-refractivity contribution in [1.29, 1.82) is 15.8 Å². The van der Waals surface area contributed by atoms with Crippen LogP contribution in [0.25, 0.3) is 36.5 Å². The molecule has 0 atom stereocenters. The number of aliphatic imine (C=N–C) groups is 2. The van der Waals surface area contributed by atoms with E-state index < -0.39 is 5.41 Å². The molecule has 9 rings (SSSR count). The minimum absolute atomic E-state index is 0.105. The molecule has 4 aliphatic rings. The number of benzene rings is 2. The lowest BCUT2D eigenvalue weighted by Crippen LogP contribution is -2.16. The first-order valence-corrected chi connectivity index (χ1v) is 18.9. The molecule has 250 valence electrons. The smallest absolute Gasteiger partial charge is 0.271 e. The van der Waals surface area contributed by atoms with Gasteiger partial charge >= 0.3 is 0 Å². The summed E-state index contributed by atoms with van der Waals surface area (Å²) in [5.41, 5.74) is 6.44. The molecular weight excluding hydrogens is 717 g/mol. The highest BCUT2D eigenvalue weighted by atomic mass is 32.1. The number of nitrogens with zero attached hydrogens (tertiary/aromatic N) is 6. The lowest BCUT2D eigenvalue weighted by Gasteiger charge is -2.24. The maximum atomic E-state index is 13.6. The first kappa shape index (κ1) is 32.6. The van der Waals surface area contributed by atoms with Gasteiger partial charge < -0.3 is 0 Å². The highest BCUT2D eigenvalue weighted by Gasteiger charge is 2.53. The van der Waals surface area contributed by atoms with E-state index in [-0.39, 0.29) is 50.8 Å². The van der Waals surface area contributed by atoms with Gasteiger partial charge in [-0.3, -0.25) is 9.59 Å². The molecule has 0 radical (unpaired) electrons. The number of allylic oxidation sites excluding steroid dienone is 6. The van der Waals surface area contributed by atoms with Gasteiger partial charge in [0.2, 0.25) is 11.6 Å². The monoisotopic (exact) mass is 738 g/mol. The van der Waals surface area contributed by atoms with Crippen molar-refractivity contribution in [2.24, 2.45) is 9.98 Å². The van der Waals surface area contributed by atoms with Crippen molar-refractivity contribution < 1.29 is 9.59 Å². The van der Waals surface area contributed by atoms with E-state index >= 15 is 0 Å². The van der Waals surface area contributed by atoms with E-state index in [0.29, 0.717) is 32.3 Å². The average molecular weight is 739 g/mol. The molecule has 0 bridgehead atoms. The van der Waals surface area contributed by atoms with Crippen LogP contribution in [-0.4, -0.2) is 23.0 Å². The van der Waals surface area contributed by atoms with E-state index in [1.54, 1.807) is 59.9 Å². The fraction of sp³-hybridized carbons (Fsp3) is 0.143. The summed E-state index contributed by atoms with van der Waals surface area (Å²) in [5.74, 6) is -0.610. The molecule has 0 amide bonds. The van der Waals surface area contributed by atoms with Gasteiger partial charge in [-0.25, -0.2) is 20.1 Å². The van der Waals surface area contributed by atoms with Crippen LogP contribution in [0.15, 0.2) is 81.9 Å². The number of Topliss-reactive ketones (excluding diaryl/α,β-unsaturated/α-hetero) is 2. The van der Waals surface area contributed by atoms with E-state index in [2.05, 4.69) is 32.5 Å². The fourth-order valence-corrected chi connectivity index (χ4v) is 12.6. The van der Waals surface area contributed by atoms with Crippen LogP contribution in [0.2, 0.25) is 0 Å². The van der Waals surface area contributed by atoms with Gasteiger partial charge in [-0.2, -0.15) is 10.5 Å². The van der Waals surface area contributed by atoms with Crippen molar-refractivity contribution >= 4 is 98.7 Å². The van der Waals surface area contributed by atoms with Gasteiger partial charge in [-0.05, 0) is 45.5 Å². The van der Waals surface area contributed by atoms with Crippen LogP contribution in [0, 0.1) is 40.6 Å². The van der Waals surface area contributed by atoms with Gasteiger partial charge in [0.1, 0.15) is 39.1 Å². The number of hydrogen-bond donors (Lipinski definition) is 0. The number of ketones is 2. The summed E-state index contributed by atoms with van der Waals surface area (Å²) >= 11 is 4.72. The van der Waals surface area contributed by atoms with Gasteiger partial charge in [0.15, 0.2) is 0 Å². The largest absolute Gasteiger partial charge is 0.287 e. The number of nitriles is 3. The van der Waals surface area contributed by atoms with Crippen molar-refractivity contribution in [3.63, 3.8) is 0 Å². The molecule has 8 nitrogen and oxygen atoms in total. The molecule has 3 aromatic heterocycles. The summed E-state index contributed by atoms with van der Waals surface area (Å²) in [5, 5.41) is 30.5. The Bertz CT molecular complexity index is 2950. The third kappa shape index (κ3) is 4.22. The first-order valence-electron chi connectivity index (χ1n) is 16.5. The molecule has 0 saturated carbocycles. The number of fused-ring (bicyclic) bond motifs is 8. The molecule has 3 heterocycles. The van der Waals surface area contributed by atoms with E-state index in [1.165, 1.54) is 44.3 Å². The predicted molar refractivity (Wildman–Crippen MR) is 210 cm³/mol. The Balaban J connectivity index is 1.14. The van der Waals surface area contributed by atoms with Gasteiger partial charge in [0, 0.05) is 47.6 Å². The molecule has 0 aliphatic heterocycles. The minimum atomic E-state index is -0.405. The van der Waals surface area contributed by atoms with E-state index in [0.717, 1.165) is 19.8 Å². The SMILES string of the molecule is [C-]#[N+]C(C#N)=C1C(=Nc2cc3c(s2)C2=C(c4sc5cc(N=C6C(=O)c7ccccc7C6=C(C#N)C#N)sc5c4C2(C)C)C3(C)C)C(=O)c2ccccc21. The minimum Gasteiger partial charge on any atom is -0.287 e. The highest BCUT2D eigenvalue weighted by molar-refractivity contribution is 7.30. The van der Waals surface area contributed by atoms with Gasteiger partial charge in [-0.15, -0.1) is 34.0 Å². The van der Waals surface area contributed by atoms with Crippen LogP contribution in [0.1, 0.15) is 80.4 Å². The summed E-state index contributed by atoms with van der Waals surface area (Å²) in [6.45, 7) is 16.5. The Hall–Kier alpha value is -6.34. The molecular formula is C42H22N6O2S3. The summed E-state index contributed by atoms with van der Waals surface area (Å²) in [6.07, 6.45) is 0. The number of carbonyl (C=O) groups excluding carboxylic acids is 2. The molecule has 0 unspecified atom stereocenters. The van der Waals surface area contributed by atoms with Gasteiger partial charge in [-0.1, -0.05) is 76.2 Å². The molecule has 53 heavy (non-hydrogen) atoms. The summed E-state index contributed by atoms with van der Waals surface area (Å²) < 4.78 is 2.14. The van der Waals surface area contributed by atoms with Crippen LogP contribution >= 0.6 is 34.0 Å². The summed E-state index contributed by atoms with van der Waals surface area (Å²) in [6, 6.07) is 23.9. The molecule has 4 aliphatic carbocycles. The third-order valence-electron chi connectivity index (χ3n) is 10.5. The molecule has 0 spiro atoms. The lowest BCUT2D eigenvalue weighted by atomic mass is 9.81. The summed E-state index contributed by atoms with van der Waals surface area (Å²) in [4.78, 5) is 42.6. The molecule has 0 fully saturated rings. The normalized spacial score (nSPS) is 19.4. The van der Waals surface area contributed by atoms with Crippen molar-refractivity contribution in [3.05, 3.63) is 126 Å². The maximum absolute atomic E-state index is 13.6. The quantitative estimate of drug-likeness (QED) is 0.131. The average Bonchev–Trinajstić information content (AvgIpc) is 3.98. The Kier molecular flexibility index (Phi) is 6.81. The Morgan fingerprint density at radius 3 is 1.83 bits per heavy atom. The highest BCUT2D eigenvalue weighted by Crippen LogP contribution is 2.68. The third-order valence-corrected chi connectivity index (χ3v) is 13.9. The molecule has 0 saturated heterocycles. The van der Waals surface area contributed by atoms with Crippen molar-refractivity contribution in [3.8, 4) is 18.2 Å². The van der Waals surface area contributed by atoms with Gasteiger partial charge in [0.05, 0.1) is 17.3 Å². The van der Waals surface area contributed by atoms with Crippen LogP contribution in [0.4, 0.5) is 10.0 Å². The number of thiophene rings is 3. The maximum Gasteiger partial charge on any atom is 0.271 e. The van der Waals surface area contributed by atoms with E-state index in [9.17, 15) is 25.4 Å². The van der Waals surface area contributed by atoms with E-state index in [1.807, 2.05) is 30.3 Å². The van der Waals surface area contributed by atoms with Crippen LogP contribution < -0.4 is 0 Å². The second kappa shape index (κ2) is 11.1. The fourth-order valence-electron chi connectivity index (χ4n) is 8.17. The second-order valence-electron chi connectivity index (χ2n) is 14.0. The number of hydrogen-bond acceptors (Lipinski definition) is 10. The molecule has 2 aromatic carbocycles. The molecule has 0 N–H and O–H groups in total. The zero-order valence-corrected chi connectivity index (χ0v) is 30.9. The zero-order valence-electron chi connectivity index (χ0n) is 28.5. The van der Waals surface area contributed by atoms with Crippen LogP contribution in [0.5, 0.6) is 0 Å². The lowest BCUT2D eigenvalue weighted by molar-refractivity contribution is 0.106. The van der Waals surface area contributed by atoms with E-state index in [4.69, 9.17) is 16.6 Å². The van der Waals surface area contributed by atoms with Crippen LogP contribution in [0.3, 0.4) is 0 Å². The topological polar surface area (TPSA) is 135 Å². The standard InChI is InChI=1S/C42H22N6O2S3/c1-41(2)24-14-27(47-35-30(25(18-45)46-5)21-11-7-9-13-23(21)37(35)50)52-38(24)31-32(41)40-33(42(31,3)4)39-26(51-40)15-28(53-39)48-34-29(19(16-43)17-44)20-10-6-8-12-22(20)36(34)49/h6-15H,1-4H3. The van der Waals surface area contributed by atoms with Crippen LogP contribution in [-0.2, 0) is 10.8 Å². The summed E-state index contributed by atoms with van der Waals surface area (Å²) in [7, 11) is 0. The number of carbonyl (C=O) groups is 2. The van der Waals surface area contributed by atoms with Crippen molar-refractivity contribution in [2.75, 3.05) is 0 Å². The van der Waals surface area contributed by atoms with Gasteiger partial charge in [0.25, 0.3) is 5.70 Å². The molecule has 5 aromatic rings. The van der Waals surface area contributed by atoms with Crippen molar-refractivity contribution in [1.82, 2.24) is 0 Å². The first-order chi connectivity index (χ1) is 25.5.